The number of ether oxygens (including phenoxy) is 5. The van der Waals surface area contributed by atoms with Gasteiger partial charge in [-0.15, -0.1) is 0 Å². The Kier molecular flexibility index (Phi) is 24.7. The summed E-state index contributed by atoms with van der Waals surface area (Å²) in [6.07, 6.45) is 13.3. The fourth-order valence-corrected chi connectivity index (χ4v) is 4.04. The Morgan fingerprint density at radius 3 is 1.69 bits per heavy atom. The molecule has 1 N–H and O–H groups in total. The molecule has 0 aromatic carbocycles. The van der Waals surface area contributed by atoms with E-state index in [4.69, 9.17) is 28.2 Å². The van der Waals surface area contributed by atoms with Crippen molar-refractivity contribution in [2.75, 3.05) is 73.2 Å². The Morgan fingerprint density at radius 1 is 0.583 bits per heavy atom. The summed E-state index contributed by atoms with van der Waals surface area (Å²) in [7, 11) is -2.83. The molecule has 218 valence electrons. The second-order valence-electron chi connectivity index (χ2n) is 9.44. The molecule has 0 amide bonds. The van der Waals surface area contributed by atoms with Crippen molar-refractivity contribution >= 4 is 10.4 Å². The minimum absolute atomic E-state index is 0.0440. The average Bonchev–Trinajstić information content (AvgIpc) is 2.84. The molecule has 0 aromatic rings. The molecule has 9 nitrogen and oxygen atoms in total. The largest absolute Gasteiger partial charge is 0.397 e. The van der Waals surface area contributed by atoms with E-state index in [1.54, 1.807) is 7.11 Å². The predicted octanol–water partition coefficient (Wildman–Crippen LogP) is 5.23. The highest BCUT2D eigenvalue weighted by atomic mass is 32.3. The van der Waals surface area contributed by atoms with Crippen molar-refractivity contribution in [3.63, 3.8) is 0 Å². The summed E-state index contributed by atoms with van der Waals surface area (Å²) in [5.41, 5.74) is -0.364. The van der Waals surface area contributed by atoms with Gasteiger partial charge in [-0.25, -0.2) is 4.18 Å². The number of rotatable bonds is 29. The number of hydrogen-bond acceptors (Lipinski definition) is 8. The summed E-state index contributed by atoms with van der Waals surface area (Å²) in [5.74, 6) is 0. The summed E-state index contributed by atoms with van der Waals surface area (Å²) in [6.45, 7) is 8.75. The first kappa shape index (κ1) is 35.7. The van der Waals surface area contributed by atoms with E-state index in [-0.39, 0.29) is 18.6 Å². The summed E-state index contributed by atoms with van der Waals surface area (Å²) in [4.78, 5) is 0. The van der Waals surface area contributed by atoms with Crippen LogP contribution in [0.4, 0.5) is 0 Å². The maximum atomic E-state index is 10.8. The van der Waals surface area contributed by atoms with Gasteiger partial charge in [0.15, 0.2) is 0 Å². The number of methoxy groups -OCH3 is 1. The summed E-state index contributed by atoms with van der Waals surface area (Å²) in [5, 5.41) is 0. The third kappa shape index (κ3) is 24.0. The van der Waals surface area contributed by atoms with Crippen molar-refractivity contribution in [3.05, 3.63) is 0 Å². The van der Waals surface area contributed by atoms with Crippen molar-refractivity contribution in [2.45, 2.75) is 90.9 Å². The molecule has 0 heterocycles. The van der Waals surface area contributed by atoms with E-state index in [2.05, 4.69) is 18.0 Å². The number of hydrogen-bond donors (Lipinski definition) is 1. The second-order valence-corrected chi connectivity index (χ2v) is 10.5. The molecule has 0 radical (unpaired) electrons. The van der Waals surface area contributed by atoms with Gasteiger partial charge in [0.2, 0.25) is 0 Å². The van der Waals surface area contributed by atoms with Crippen molar-refractivity contribution in [2.24, 2.45) is 5.41 Å². The summed E-state index contributed by atoms with van der Waals surface area (Å²) in [6, 6.07) is 0. The minimum atomic E-state index is -4.47. The third-order valence-corrected chi connectivity index (χ3v) is 6.36. The van der Waals surface area contributed by atoms with Gasteiger partial charge in [0.1, 0.15) is 0 Å². The van der Waals surface area contributed by atoms with Gasteiger partial charge in [-0.3, -0.25) is 4.55 Å². The number of unbranched alkanes of at least 4 members (excludes halogenated alkanes) is 8. The van der Waals surface area contributed by atoms with Crippen LogP contribution in [0.2, 0.25) is 0 Å². The zero-order chi connectivity index (χ0) is 26.8. The third-order valence-electron chi connectivity index (χ3n) is 5.90. The first-order valence-electron chi connectivity index (χ1n) is 13.8. The van der Waals surface area contributed by atoms with Crippen molar-refractivity contribution < 1.29 is 40.8 Å². The molecular weight excluding hydrogens is 488 g/mol. The molecule has 1 atom stereocenters. The molecule has 0 aliphatic heterocycles. The Hall–Kier alpha value is -0.330. The van der Waals surface area contributed by atoms with Crippen LogP contribution in [0.1, 0.15) is 90.9 Å². The molecule has 0 rings (SSSR count). The summed E-state index contributed by atoms with van der Waals surface area (Å²) >= 11 is 0. The highest BCUT2D eigenvalue weighted by Crippen LogP contribution is 2.28. The normalized spacial score (nSPS) is 13.8. The molecule has 0 unspecified atom stereocenters. The van der Waals surface area contributed by atoms with Crippen LogP contribution in [0.3, 0.4) is 0 Å². The highest BCUT2D eigenvalue weighted by Gasteiger charge is 2.31. The van der Waals surface area contributed by atoms with Gasteiger partial charge in [0.25, 0.3) is 0 Å². The summed E-state index contributed by atoms with van der Waals surface area (Å²) < 4.78 is 63.3. The van der Waals surface area contributed by atoms with Crippen molar-refractivity contribution in [1.29, 1.82) is 0 Å². The van der Waals surface area contributed by atoms with Crippen LogP contribution < -0.4 is 0 Å². The molecule has 0 fully saturated rings. The lowest BCUT2D eigenvalue weighted by molar-refractivity contribution is -0.0826. The maximum absolute atomic E-state index is 10.8. The molecule has 36 heavy (non-hydrogen) atoms. The van der Waals surface area contributed by atoms with Gasteiger partial charge in [-0.1, -0.05) is 65.2 Å². The molecule has 0 aliphatic carbocycles. The fourth-order valence-electron chi connectivity index (χ4n) is 3.76. The van der Waals surface area contributed by atoms with Gasteiger partial charge in [0, 0.05) is 32.3 Å². The lowest BCUT2D eigenvalue weighted by Crippen LogP contribution is -2.38. The van der Waals surface area contributed by atoms with Gasteiger partial charge < -0.3 is 23.7 Å². The van der Waals surface area contributed by atoms with Crippen molar-refractivity contribution in [1.82, 2.24) is 0 Å². The van der Waals surface area contributed by atoms with Crippen molar-refractivity contribution in [3.8, 4) is 0 Å². The molecule has 0 saturated heterocycles. The van der Waals surface area contributed by atoms with E-state index in [0.717, 1.165) is 58.2 Å². The van der Waals surface area contributed by atoms with Crippen LogP contribution in [0.5, 0.6) is 0 Å². The van der Waals surface area contributed by atoms with E-state index in [1.165, 1.54) is 32.1 Å². The zero-order valence-electron chi connectivity index (χ0n) is 23.2. The van der Waals surface area contributed by atoms with Crippen LogP contribution >= 0.6 is 0 Å². The van der Waals surface area contributed by atoms with Crippen LogP contribution in [-0.2, 0) is 38.3 Å². The molecule has 10 heteroatoms. The van der Waals surface area contributed by atoms with Crippen LogP contribution in [0.15, 0.2) is 0 Å². The predicted molar refractivity (Wildman–Crippen MR) is 142 cm³/mol. The quantitative estimate of drug-likeness (QED) is 0.100. The molecule has 0 spiro atoms. The fraction of sp³-hybridized carbons (Fsp3) is 1.00. The molecule has 0 aromatic heterocycles. The Balaban J connectivity index is 4.78. The Morgan fingerprint density at radius 2 is 1.08 bits per heavy atom. The lowest BCUT2D eigenvalue weighted by atomic mass is 9.84. The first-order valence-corrected chi connectivity index (χ1v) is 15.2. The van der Waals surface area contributed by atoms with Crippen LogP contribution in [0, 0.1) is 5.41 Å². The van der Waals surface area contributed by atoms with Gasteiger partial charge in [-0.2, -0.15) is 8.42 Å². The SMILES string of the molecule is CCCCCCCCOC[C@](CCCCCOCCCC)(COCCOC)COCCOS(=O)(=O)O. The molecule has 0 aliphatic rings. The van der Waals surface area contributed by atoms with Gasteiger partial charge >= 0.3 is 10.4 Å². The van der Waals surface area contributed by atoms with E-state index in [1.807, 2.05) is 0 Å². The second kappa shape index (κ2) is 25.0. The average molecular weight is 543 g/mol. The topological polar surface area (TPSA) is 110 Å². The standard InChI is InChI=1S/C26H54O9S/c1-4-6-8-9-10-13-18-32-23-26(24-33-20-19-30-3,25-34-21-22-35-36(27,28)29)15-12-11-14-17-31-16-7-5-2/h4-25H2,1-3H3,(H,27,28,29)/t26-/m1/s1. The van der Waals surface area contributed by atoms with Crippen LogP contribution in [0.25, 0.3) is 0 Å². The van der Waals surface area contributed by atoms with Gasteiger partial charge in [0.05, 0.1) is 46.2 Å². The van der Waals surface area contributed by atoms with E-state index in [0.29, 0.717) is 39.6 Å². The molecule has 0 saturated carbocycles. The van der Waals surface area contributed by atoms with E-state index in [9.17, 15) is 8.42 Å². The molecular formula is C26H54O9S. The lowest BCUT2D eigenvalue weighted by Gasteiger charge is -2.33. The van der Waals surface area contributed by atoms with E-state index < -0.39 is 10.4 Å². The monoisotopic (exact) mass is 542 g/mol. The smallest absolute Gasteiger partial charge is 0.382 e. The Bertz CT molecular complexity index is 538. The highest BCUT2D eigenvalue weighted by molar-refractivity contribution is 7.80. The van der Waals surface area contributed by atoms with Gasteiger partial charge in [-0.05, 0) is 25.7 Å². The first-order chi connectivity index (χ1) is 17.4. The maximum Gasteiger partial charge on any atom is 0.397 e. The zero-order valence-corrected chi connectivity index (χ0v) is 24.0. The van der Waals surface area contributed by atoms with Crippen LogP contribution in [-0.4, -0.2) is 86.1 Å². The minimum Gasteiger partial charge on any atom is -0.382 e. The molecule has 0 bridgehead atoms. The Labute approximate surface area is 220 Å². The van der Waals surface area contributed by atoms with E-state index >= 15 is 0 Å².